The minimum atomic E-state index is 0.223. The predicted molar refractivity (Wildman–Crippen MR) is 57.8 cm³/mol. The zero-order chi connectivity index (χ0) is 10.3. The maximum absolute atomic E-state index is 5.88. The van der Waals surface area contributed by atoms with Gasteiger partial charge in [-0.05, 0) is 26.2 Å². The van der Waals surface area contributed by atoms with Gasteiger partial charge in [0.25, 0.3) is 0 Å². The number of rotatable bonds is 7. The Morgan fingerprint density at radius 2 is 1.69 bits per heavy atom. The van der Waals surface area contributed by atoms with Crippen LogP contribution in [0.5, 0.6) is 0 Å². The van der Waals surface area contributed by atoms with Crippen LogP contribution < -0.4 is 5.73 Å². The quantitative estimate of drug-likeness (QED) is 0.665. The maximum atomic E-state index is 5.88. The summed E-state index contributed by atoms with van der Waals surface area (Å²) in [5, 5.41) is 0. The molecule has 1 atom stereocenters. The number of hydrogen-bond acceptors (Lipinski definition) is 2. The van der Waals surface area contributed by atoms with Crippen LogP contribution in [0.25, 0.3) is 0 Å². The summed E-state index contributed by atoms with van der Waals surface area (Å²) in [5.74, 6) is 0.790. The van der Waals surface area contributed by atoms with Crippen molar-refractivity contribution in [3.8, 4) is 0 Å². The molecule has 0 aliphatic carbocycles. The van der Waals surface area contributed by atoms with Gasteiger partial charge in [0.2, 0.25) is 0 Å². The Balaban J connectivity index is 3.25. The second-order valence-electron chi connectivity index (χ2n) is 4.47. The average molecular weight is 187 g/mol. The van der Waals surface area contributed by atoms with E-state index in [9.17, 15) is 0 Å². The summed E-state index contributed by atoms with van der Waals surface area (Å²) >= 11 is 0. The van der Waals surface area contributed by atoms with Gasteiger partial charge >= 0.3 is 0 Å². The van der Waals surface area contributed by atoms with E-state index in [0.717, 1.165) is 12.3 Å². The van der Waals surface area contributed by atoms with Crippen LogP contribution in [-0.4, -0.2) is 18.8 Å². The van der Waals surface area contributed by atoms with Gasteiger partial charge in [0.05, 0.1) is 12.7 Å². The highest BCUT2D eigenvalue weighted by Crippen LogP contribution is 2.07. The largest absolute Gasteiger partial charge is 0.377 e. The van der Waals surface area contributed by atoms with E-state index < -0.39 is 0 Å². The van der Waals surface area contributed by atoms with Gasteiger partial charge < -0.3 is 10.5 Å². The molecule has 0 aliphatic rings. The smallest absolute Gasteiger partial charge is 0.0620 e. The van der Waals surface area contributed by atoms with Crippen molar-refractivity contribution in [1.82, 2.24) is 0 Å². The number of ether oxygens (including phenoxy) is 1. The van der Waals surface area contributed by atoms with Crippen molar-refractivity contribution in [1.29, 1.82) is 0 Å². The SMILES string of the molecule is CC(C)CCCC(N)COC(C)C. The van der Waals surface area contributed by atoms with Crippen molar-refractivity contribution >= 4 is 0 Å². The van der Waals surface area contributed by atoms with Gasteiger partial charge in [0, 0.05) is 6.04 Å². The standard InChI is InChI=1S/C11H25NO/c1-9(2)6-5-7-11(12)8-13-10(3)4/h9-11H,5-8,12H2,1-4H3. The molecule has 2 nitrogen and oxygen atoms in total. The van der Waals surface area contributed by atoms with Gasteiger partial charge in [-0.1, -0.05) is 26.7 Å². The van der Waals surface area contributed by atoms with Crippen LogP contribution in [0.4, 0.5) is 0 Å². The van der Waals surface area contributed by atoms with Crippen LogP contribution in [0.1, 0.15) is 47.0 Å². The molecule has 0 saturated heterocycles. The van der Waals surface area contributed by atoms with E-state index in [4.69, 9.17) is 10.5 Å². The molecule has 0 spiro atoms. The second kappa shape index (κ2) is 7.34. The van der Waals surface area contributed by atoms with Crippen molar-refractivity contribution in [2.45, 2.75) is 59.1 Å². The highest BCUT2D eigenvalue weighted by atomic mass is 16.5. The van der Waals surface area contributed by atoms with Crippen molar-refractivity contribution in [2.75, 3.05) is 6.61 Å². The van der Waals surface area contributed by atoms with Crippen molar-refractivity contribution in [2.24, 2.45) is 11.7 Å². The fourth-order valence-electron chi connectivity index (χ4n) is 1.19. The van der Waals surface area contributed by atoms with Crippen molar-refractivity contribution in [3.05, 3.63) is 0 Å². The van der Waals surface area contributed by atoms with Gasteiger partial charge in [-0.15, -0.1) is 0 Å². The molecule has 0 radical (unpaired) electrons. The van der Waals surface area contributed by atoms with Crippen LogP contribution in [0, 0.1) is 5.92 Å². The van der Waals surface area contributed by atoms with Gasteiger partial charge in [-0.25, -0.2) is 0 Å². The third kappa shape index (κ3) is 9.84. The minimum absolute atomic E-state index is 0.223. The highest BCUT2D eigenvalue weighted by Gasteiger charge is 2.04. The zero-order valence-electron chi connectivity index (χ0n) is 9.55. The fourth-order valence-corrected chi connectivity index (χ4v) is 1.19. The first-order valence-electron chi connectivity index (χ1n) is 5.39. The lowest BCUT2D eigenvalue weighted by molar-refractivity contribution is 0.0663. The van der Waals surface area contributed by atoms with Crippen LogP contribution >= 0.6 is 0 Å². The van der Waals surface area contributed by atoms with Crippen molar-refractivity contribution in [3.63, 3.8) is 0 Å². The van der Waals surface area contributed by atoms with E-state index in [1.165, 1.54) is 12.8 Å². The van der Waals surface area contributed by atoms with Gasteiger partial charge in [-0.2, -0.15) is 0 Å². The molecule has 0 aromatic rings. The molecule has 0 saturated carbocycles. The monoisotopic (exact) mass is 187 g/mol. The minimum Gasteiger partial charge on any atom is -0.377 e. The number of nitrogens with two attached hydrogens (primary N) is 1. The molecule has 2 heteroatoms. The summed E-state index contributed by atoms with van der Waals surface area (Å²) in [4.78, 5) is 0. The van der Waals surface area contributed by atoms with Gasteiger partial charge in [0.1, 0.15) is 0 Å². The van der Waals surface area contributed by atoms with Crippen LogP contribution in [0.3, 0.4) is 0 Å². The van der Waals surface area contributed by atoms with E-state index in [2.05, 4.69) is 13.8 Å². The van der Waals surface area contributed by atoms with E-state index in [1.807, 2.05) is 13.8 Å². The lowest BCUT2D eigenvalue weighted by Crippen LogP contribution is -2.27. The second-order valence-corrected chi connectivity index (χ2v) is 4.47. The third-order valence-electron chi connectivity index (χ3n) is 2.00. The zero-order valence-corrected chi connectivity index (χ0v) is 9.55. The normalized spacial score (nSPS) is 14.1. The van der Waals surface area contributed by atoms with Crippen LogP contribution in [0.15, 0.2) is 0 Å². The molecule has 13 heavy (non-hydrogen) atoms. The Kier molecular flexibility index (Phi) is 7.29. The molecule has 0 aromatic heterocycles. The van der Waals surface area contributed by atoms with E-state index in [-0.39, 0.29) is 6.04 Å². The summed E-state index contributed by atoms with van der Waals surface area (Å²) in [6, 6.07) is 0.223. The third-order valence-corrected chi connectivity index (χ3v) is 2.00. The average Bonchev–Trinajstić information content (AvgIpc) is 2.00. The summed E-state index contributed by atoms with van der Waals surface area (Å²) in [6.45, 7) is 9.28. The Morgan fingerprint density at radius 1 is 1.08 bits per heavy atom. The van der Waals surface area contributed by atoms with E-state index in [1.54, 1.807) is 0 Å². The lowest BCUT2D eigenvalue weighted by atomic mass is 10.0. The molecule has 0 fully saturated rings. The van der Waals surface area contributed by atoms with Gasteiger partial charge in [0.15, 0.2) is 0 Å². The molecule has 0 aromatic carbocycles. The summed E-state index contributed by atoms with van der Waals surface area (Å²) in [7, 11) is 0. The molecular weight excluding hydrogens is 162 g/mol. The van der Waals surface area contributed by atoms with Crippen LogP contribution in [0.2, 0.25) is 0 Å². The Hall–Kier alpha value is -0.0800. The Morgan fingerprint density at radius 3 is 2.15 bits per heavy atom. The predicted octanol–water partition coefficient (Wildman–Crippen LogP) is 2.57. The maximum Gasteiger partial charge on any atom is 0.0620 e. The summed E-state index contributed by atoms with van der Waals surface area (Å²) in [5.41, 5.74) is 5.88. The van der Waals surface area contributed by atoms with Crippen LogP contribution in [-0.2, 0) is 4.74 Å². The molecule has 0 aliphatic heterocycles. The molecule has 0 rings (SSSR count). The molecule has 1 unspecified atom stereocenters. The number of hydrogen-bond donors (Lipinski definition) is 1. The summed E-state index contributed by atoms with van der Waals surface area (Å²) in [6.07, 6.45) is 3.89. The first-order chi connectivity index (χ1) is 6.02. The Labute approximate surface area is 82.8 Å². The van der Waals surface area contributed by atoms with E-state index >= 15 is 0 Å². The van der Waals surface area contributed by atoms with Crippen molar-refractivity contribution < 1.29 is 4.74 Å². The topological polar surface area (TPSA) is 35.2 Å². The molecule has 0 bridgehead atoms. The highest BCUT2D eigenvalue weighted by molar-refractivity contribution is 4.61. The molecular formula is C11H25NO. The fraction of sp³-hybridized carbons (Fsp3) is 1.00. The van der Waals surface area contributed by atoms with E-state index in [0.29, 0.717) is 12.7 Å². The first-order valence-corrected chi connectivity index (χ1v) is 5.39. The Bertz CT molecular complexity index is 113. The molecule has 0 heterocycles. The first kappa shape index (κ1) is 12.9. The molecule has 0 amide bonds. The summed E-state index contributed by atoms with van der Waals surface area (Å²) < 4.78 is 5.44. The molecule has 80 valence electrons. The van der Waals surface area contributed by atoms with Gasteiger partial charge in [-0.3, -0.25) is 0 Å². The molecule has 2 N–H and O–H groups in total. The lowest BCUT2D eigenvalue weighted by Gasteiger charge is -2.14.